The first-order chi connectivity index (χ1) is 14.8. The van der Waals surface area contributed by atoms with Crippen LogP contribution in [0.25, 0.3) is 0 Å². The molecule has 0 spiro atoms. The number of carbonyl (C=O) groups excluding carboxylic acids is 1. The number of nitro benzene ring substituents is 1. The number of nitrogens with one attached hydrogen (secondary N) is 1. The predicted octanol–water partition coefficient (Wildman–Crippen LogP) is 1.89. The number of carbonyl (C=O) groups is 1. The Kier molecular flexibility index (Phi) is 6.61. The first kappa shape index (κ1) is 22.3. The molecule has 12 heteroatoms. The second-order valence-electron chi connectivity index (χ2n) is 6.51. The lowest BCUT2D eigenvalue weighted by atomic mass is 10.1. The Morgan fingerprint density at radius 3 is 2.35 bits per heavy atom. The van der Waals surface area contributed by atoms with E-state index in [0.717, 1.165) is 6.07 Å². The molecule has 2 aromatic rings. The van der Waals surface area contributed by atoms with Crippen LogP contribution in [0.15, 0.2) is 41.3 Å². The van der Waals surface area contributed by atoms with E-state index in [2.05, 4.69) is 4.72 Å². The van der Waals surface area contributed by atoms with Crippen LogP contribution in [-0.4, -0.2) is 64.7 Å². The first-order valence-electron chi connectivity index (χ1n) is 9.17. The second kappa shape index (κ2) is 9.18. The van der Waals surface area contributed by atoms with Crippen molar-refractivity contribution in [1.29, 1.82) is 0 Å². The molecule has 0 aliphatic carbocycles. The average Bonchev–Trinajstić information content (AvgIpc) is 2.78. The number of nitro groups is 1. The van der Waals surface area contributed by atoms with Crippen LogP contribution in [-0.2, 0) is 14.8 Å². The van der Waals surface area contributed by atoms with Crippen molar-refractivity contribution >= 4 is 27.3 Å². The molecule has 0 saturated carbocycles. The maximum Gasteiger partial charge on any atom is 0.271 e. The van der Waals surface area contributed by atoms with Gasteiger partial charge in [0.1, 0.15) is 11.5 Å². The summed E-state index contributed by atoms with van der Waals surface area (Å²) in [4.78, 5) is 24.7. The van der Waals surface area contributed by atoms with Gasteiger partial charge in [0.25, 0.3) is 21.6 Å². The maximum absolute atomic E-state index is 13.0. The molecular weight excluding hydrogens is 430 g/mol. The van der Waals surface area contributed by atoms with Crippen LogP contribution >= 0.6 is 0 Å². The van der Waals surface area contributed by atoms with Gasteiger partial charge in [0.15, 0.2) is 0 Å². The van der Waals surface area contributed by atoms with Gasteiger partial charge in [-0.1, -0.05) is 0 Å². The summed E-state index contributed by atoms with van der Waals surface area (Å²) in [5.74, 6) is -0.0548. The number of sulfonamides is 1. The summed E-state index contributed by atoms with van der Waals surface area (Å²) < 4.78 is 43.8. The fourth-order valence-corrected chi connectivity index (χ4v) is 4.14. The largest absolute Gasteiger partial charge is 0.496 e. The fourth-order valence-electron chi connectivity index (χ4n) is 3.05. The molecule has 0 unspecified atom stereocenters. The Balaban J connectivity index is 1.97. The minimum absolute atomic E-state index is 0.0817. The zero-order valence-electron chi connectivity index (χ0n) is 16.9. The van der Waals surface area contributed by atoms with E-state index < -0.39 is 14.9 Å². The van der Waals surface area contributed by atoms with Crippen molar-refractivity contribution in [2.75, 3.05) is 45.2 Å². The van der Waals surface area contributed by atoms with Crippen LogP contribution in [0.5, 0.6) is 11.5 Å². The highest BCUT2D eigenvalue weighted by molar-refractivity contribution is 7.92. The van der Waals surface area contributed by atoms with Gasteiger partial charge in [0.05, 0.1) is 48.5 Å². The van der Waals surface area contributed by atoms with Gasteiger partial charge in [-0.15, -0.1) is 0 Å². The maximum atomic E-state index is 13.0. The molecule has 3 rings (SSSR count). The Labute approximate surface area is 178 Å². The van der Waals surface area contributed by atoms with Crippen LogP contribution in [0.2, 0.25) is 0 Å². The molecule has 166 valence electrons. The molecule has 0 aromatic heterocycles. The zero-order chi connectivity index (χ0) is 22.6. The van der Waals surface area contributed by atoms with E-state index in [4.69, 9.17) is 14.2 Å². The second-order valence-corrected chi connectivity index (χ2v) is 8.20. The van der Waals surface area contributed by atoms with E-state index in [1.54, 1.807) is 4.90 Å². The Bertz CT molecular complexity index is 1100. The third kappa shape index (κ3) is 4.86. The van der Waals surface area contributed by atoms with Gasteiger partial charge >= 0.3 is 0 Å². The number of anilines is 1. The summed E-state index contributed by atoms with van der Waals surface area (Å²) in [6.45, 7) is 1.53. The molecule has 0 atom stereocenters. The lowest BCUT2D eigenvalue weighted by Crippen LogP contribution is -2.40. The van der Waals surface area contributed by atoms with Gasteiger partial charge in [0.2, 0.25) is 0 Å². The summed E-state index contributed by atoms with van der Waals surface area (Å²) in [6.07, 6.45) is 0. The first-order valence-corrected chi connectivity index (χ1v) is 10.7. The molecule has 0 bridgehead atoms. The summed E-state index contributed by atoms with van der Waals surface area (Å²) in [6, 6.07) is 7.41. The van der Waals surface area contributed by atoms with Gasteiger partial charge in [0, 0.05) is 25.2 Å². The molecule has 1 fully saturated rings. The van der Waals surface area contributed by atoms with Crippen molar-refractivity contribution in [3.05, 3.63) is 52.1 Å². The van der Waals surface area contributed by atoms with Gasteiger partial charge in [-0.3, -0.25) is 19.6 Å². The van der Waals surface area contributed by atoms with Crippen LogP contribution < -0.4 is 14.2 Å². The number of ether oxygens (including phenoxy) is 3. The SMILES string of the molecule is COc1ccc([N+](=O)[O-])cc1NS(=O)(=O)c1ccc(OC)c(C(=O)N2CCOCC2)c1. The van der Waals surface area contributed by atoms with E-state index in [9.17, 15) is 23.3 Å². The molecule has 1 heterocycles. The van der Waals surface area contributed by atoms with Crippen LogP contribution in [0.3, 0.4) is 0 Å². The molecule has 1 amide bonds. The lowest BCUT2D eigenvalue weighted by Gasteiger charge is -2.27. The number of rotatable bonds is 7. The Hall–Kier alpha value is -3.38. The zero-order valence-corrected chi connectivity index (χ0v) is 17.7. The Morgan fingerprint density at radius 2 is 1.74 bits per heavy atom. The highest BCUT2D eigenvalue weighted by Gasteiger charge is 2.25. The number of hydrogen-bond donors (Lipinski definition) is 1. The quantitative estimate of drug-likeness (QED) is 0.498. The number of amides is 1. The van der Waals surface area contributed by atoms with E-state index in [1.165, 1.54) is 44.6 Å². The van der Waals surface area contributed by atoms with E-state index >= 15 is 0 Å². The molecule has 1 aliphatic rings. The normalized spacial score (nSPS) is 14.1. The number of methoxy groups -OCH3 is 2. The molecular formula is C19H21N3O8S. The van der Waals surface area contributed by atoms with Gasteiger partial charge < -0.3 is 19.1 Å². The van der Waals surface area contributed by atoms with E-state index in [1.807, 2.05) is 0 Å². The molecule has 31 heavy (non-hydrogen) atoms. The van der Waals surface area contributed by atoms with E-state index in [0.29, 0.717) is 26.3 Å². The molecule has 2 aromatic carbocycles. The molecule has 1 aliphatic heterocycles. The van der Waals surface area contributed by atoms with Crippen molar-refractivity contribution in [3.8, 4) is 11.5 Å². The van der Waals surface area contributed by atoms with Crippen molar-refractivity contribution < 1.29 is 32.3 Å². The number of hydrogen-bond acceptors (Lipinski definition) is 8. The standard InChI is InChI=1S/C19H21N3O8S/c1-28-17-6-4-14(12-15(17)19(23)21-7-9-30-10-8-21)31(26,27)20-16-11-13(22(24)25)3-5-18(16)29-2/h3-6,11-12,20H,7-10H2,1-2H3. The number of non-ortho nitro benzene ring substituents is 1. The Morgan fingerprint density at radius 1 is 1.10 bits per heavy atom. The topological polar surface area (TPSA) is 137 Å². The van der Waals surface area contributed by atoms with Crippen molar-refractivity contribution in [2.45, 2.75) is 4.90 Å². The lowest BCUT2D eigenvalue weighted by molar-refractivity contribution is -0.384. The number of nitrogens with zero attached hydrogens (tertiary/aromatic N) is 2. The van der Waals surface area contributed by atoms with Crippen LogP contribution in [0, 0.1) is 10.1 Å². The predicted molar refractivity (Wildman–Crippen MR) is 110 cm³/mol. The third-order valence-electron chi connectivity index (χ3n) is 4.65. The molecule has 1 N–H and O–H groups in total. The highest BCUT2D eigenvalue weighted by Crippen LogP contribution is 2.32. The fraction of sp³-hybridized carbons (Fsp3) is 0.316. The average molecular weight is 451 g/mol. The van der Waals surface area contributed by atoms with Gasteiger partial charge in [-0.2, -0.15) is 0 Å². The summed E-state index contributed by atoms with van der Waals surface area (Å²) in [7, 11) is -1.51. The van der Waals surface area contributed by atoms with Crippen LogP contribution in [0.1, 0.15) is 10.4 Å². The minimum atomic E-state index is -4.20. The smallest absolute Gasteiger partial charge is 0.271 e. The third-order valence-corrected chi connectivity index (χ3v) is 6.01. The summed E-state index contributed by atoms with van der Waals surface area (Å²) >= 11 is 0. The molecule has 0 radical (unpaired) electrons. The molecule has 11 nitrogen and oxygen atoms in total. The molecule has 1 saturated heterocycles. The minimum Gasteiger partial charge on any atom is -0.496 e. The monoisotopic (exact) mass is 451 g/mol. The van der Waals surface area contributed by atoms with Crippen molar-refractivity contribution in [3.63, 3.8) is 0 Å². The van der Waals surface area contributed by atoms with Crippen LogP contribution in [0.4, 0.5) is 11.4 Å². The van der Waals surface area contributed by atoms with Crippen molar-refractivity contribution in [1.82, 2.24) is 4.90 Å². The van der Waals surface area contributed by atoms with Gasteiger partial charge in [-0.25, -0.2) is 8.42 Å². The summed E-state index contributed by atoms with van der Waals surface area (Å²) in [5.41, 5.74) is -0.330. The van der Waals surface area contributed by atoms with Crippen molar-refractivity contribution in [2.24, 2.45) is 0 Å². The van der Waals surface area contributed by atoms with Gasteiger partial charge in [-0.05, 0) is 24.3 Å². The summed E-state index contributed by atoms with van der Waals surface area (Å²) in [5, 5.41) is 11.1. The number of benzene rings is 2. The highest BCUT2D eigenvalue weighted by atomic mass is 32.2. The number of morpholine rings is 1. The van der Waals surface area contributed by atoms with E-state index in [-0.39, 0.29) is 39.2 Å².